The highest BCUT2D eigenvalue weighted by Gasteiger charge is 2.43. The van der Waals surface area contributed by atoms with E-state index < -0.39 is 17.8 Å². The lowest BCUT2D eigenvalue weighted by atomic mass is 10.0. The van der Waals surface area contributed by atoms with Gasteiger partial charge in [0.2, 0.25) is 0 Å². The number of para-hydroxylation sites is 2. The van der Waals surface area contributed by atoms with E-state index >= 15 is 0 Å². The van der Waals surface area contributed by atoms with Gasteiger partial charge in [0.1, 0.15) is 17.9 Å². The van der Waals surface area contributed by atoms with Gasteiger partial charge in [-0.2, -0.15) is 0 Å². The monoisotopic (exact) mass is 572 g/mol. The number of urea groups is 1. The smallest absolute Gasteiger partial charge is 0.343 e. The molecule has 0 aliphatic carbocycles. The van der Waals surface area contributed by atoms with Crippen LogP contribution in [0, 0.1) is 6.92 Å². The summed E-state index contributed by atoms with van der Waals surface area (Å²) in [4.78, 5) is 42.7. The zero-order valence-electron chi connectivity index (χ0n) is 22.7. The van der Waals surface area contributed by atoms with Crippen molar-refractivity contribution in [2.75, 3.05) is 9.80 Å². The first-order valence-electron chi connectivity index (χ1n) is 13.4. The van der Waals surface area contributed by atoms with Gasteiger partial charge in [0.05, 0.1) is 16.4 Å². The van der Waals surface area contributed by atoms with Gasteiger partial charge in [0.25, 0.3) is 11.8 Å². The number of anilines is 2. The molecule has 206 valence electrons. The molecule has 6 rings (SSSR count). The minimum atomic E-state index is -0.745. The molecule has 6 nitrogen and oxygen atoms in total. The van der Waals surface area contributed by atoms with E-state index in [2.05, 4.69) is 24.3 Å². The third kappa shape index (κ3) is 5.04. The van der Waals surface area contributed by atoms with Crippen LogP contribution in [0.2, 0.25) is 5.02 Å². The molecule has 0 aromatic heterocycles. The normalized spacial score (nSPS) is 13.6. The molecule has 1 fully saturated rings. The van der Waals surface area contributed by atoms with Crippen LogP contribution in [0.15, 0.2) is 121 Å². The summed E-state index contributed by atoms with van der Waals surface area (Å²) < 4.78 is 6.12. The number of barbiturate groups is 1. The number of aryl methyl sites for hydroxylation is 1. The lowest BCUT2D eigenvalue weighted by Gasteiger charge is -2.33. The van der Waals surface area contributed by atoms with E-state index in [1.54, 1.807) is 78.9 Å². The number of ether oxygens (including phenoxy) is 1. The van der Waals surface area contributed by atoms with E-state index in [0.717, 1.165) is 31.7 Å². The highest BCUT2D eigenvalue weighted by Crippen LogP contribution is 2.32. The van der Waals surface area contributed by atoms with Crippen LogP contribution in [0.3, 0.4) is 0 Å². The van der Waals surface area contributed by atoms with Gasteiger partial charge in [0.15, 0.2) is 0 Å². The minimum Gasteiger partial charge on any atom is -0.487 e. The summed E-state index contributed by atoms with van der Waals surface area (Å²) in [6, 6.07) is 33.7. The summed E-state index contributed by atoms with van der Waals surface area (Å²) in [6.45, 7) is 2.37. The summed E-state index contributed by atoms with van der Waals surface area (Å²) in [5, 5.41) is 2.57. The predicted molar refractivity (Wildman–Crippen MR) is 166 cm³/mol. The molecule has 5 aromatic rings. The molecule has 0 saturated carbocycles. The number of nitrogens with zero attached hydrogens (tertiary/aromatic N) is 2. The van der Waals surface area contributed by atoms with Crippen molar-refractivity contribution < 1.29 is 19.1 Å². The van der Waals surface area contributed by atoms with Crippen molar-refractivity contribution in [3.05, 3.63) is 143 Å². The van der Waals surface area contributed by atoms with Gasteiger partial charge >= 0.3 is 6.03 Å². The maximum atomic E-state index is 13.6. The molecule has 0 unspecified atom stereocenters. The summed E-state index contributed by atoms with van der Waals surface area (Å²) in [7, 11) is 0. The van der Waals surface area contributed by atoms with Gasteiger partial charge in [-0.25, -0.2) is 14.6 Å². The molecule has 4 amide bonds. The van der Waals surface area contributed by atoms with Crippen LogP contribution in [0.1, 0.15) is 16.7 Å². The molecule has 42 heavy (non-hydrogen) atoms. The fourth-order valence-electron chi connectivity index (χ4n) is 5.02. The van der Waals surface area contributed by atoms with E-state index in [1.165, 1.54) is 6.08 Å². The molecule has 1 aliphatic heterocycles. The Morgan fingerprint density at radius 1 is 0.714 bits per heavy atom. The van der Waals surface area contributed by atoms with Crippen LogP contribution in [0.4, 0.5) is 16.2 Å². The Balaban J connectivity index is 1.32. The second kappa shape index (κ2) is 11.4. The van der Waals surface area contributed by atoms with Gasteiger partial charge in [-0.1, -0.05) is 90.5 Å². The topological polar surface area (TPSA) is 66.9 Å². The van der Waals surface area contributed by atoms with Crippen LogP contribution in [-0.4, -0.2) is 17.8 Å². The summed E-state index contributed by atoms with van der Waals surface area (Å²) in [6.07, 6.45) is 1.45. The Morgan fingerprint density at radius 2 is 1.31 bits per heavy atom. The molecular weight excluding hydrogens is 548 g/mol. The van der Waals surface area contributed by atoms with Crippen molar-refractivity contribution in [1.82, 2.24) is 0 Å². The molecule has 1 saturated heterocycles. The molecule has 0 N–H and O–H groups in total. The van der Waals surface area contributed by atoms with Crippen LogP contribution in [0.5, 0.6) is 5.75 Å². The lowest BCUT2D eigenvalue weighted by Crippen LogP contribution is -2.57. The standard InChI is InChI=1S/C35H25ClN2O4/c1-23-16-18-25-10-8-9-15-28(25)30(23)22-42-32-19-17-24(21-31(32)36)20-29-33(39)37(26-11-4-2-5-12-26)35(41)38(34(29)40)27-13-6-3-7-14-27/h2-21H,22H2,1H3. The number of halogens is 1. The molecule has 0 spiro atoms. The maximum absolute atomic E-state index is 13.6. The van der Waals surface area contributed by atoms with Crippen molar-refractivity contribution in [2.24, 2.45) is 0 Å². The number of hydrogen-bond acceptors (Lipinski definition) is 4. The van der Waals surface area contributed by atoms with Crippen LogP contribution < -0.4 is 14.5 Å². The van der Waals surface area contributed by atoms with Gasteiger partial charge in [-0.15, -0.1) is 0 Å². The minimum absolute atomic E-state index is 0.168. The average molecular weight is 573 g/mol. The van der Waals surface area contributed by atoms with Crippen molar-refractivity contribution in [3.8, 4) is 5.75 Å². The summed E-state index contributed by atoms with van der Waals surface area (Å²) in [5.74, 6) is -0.961. The summed E-state index contributed by atoms with van der Waals surface area (Å²) >= 11 is 6.62. The Kier molecular flexibility index (Phi) is 7.30. The van der Waals surface area contributed by atoms with E-state index in [1.807, 2.05) is 19.1 Å². The number of carbonyl (C=O) groups excluding carboxylic acids is 3. The highest BCUT2D eigenvalue weighted by atomic mass is 35.5. The Labute approximate surface area is 248 Å². The first kappa shape index (κ1) is 27.0. The quantitative estimate of drug-likeness (QED) is 0.153. The van der Waals surface area contributed by atoms with Crippen LogP contribution in [0.25, 0.3) is 16.8 Å². The van der Waals surface area contributed by atoms with E-state index in [9.17, 15) is 14.4 Å². The van der Waals surface area contributed by atoms with Gasteiger partial charge < -0.3 is 4.74 Å². The molecular formula is C35H25ClN2O4. The van der Waals surface area contributed by atoms with Gasteiger partial charge in [-0.05, 0) is 71.3 Å². The maximum Gasteiger partial charge on any atom is 0.343 e. The Hall–Kier alpha value is -5.20. The second-order valence-corrected chi connectivity index (χ2v) is 10.3. The van der Waals surface area contributed by atoms with Crippen LogP contribution >= 0.6 is 11.6 Å². The molecule has 5 aromatic carbocycles. The fourth-order valence-corrected chi connectivity index (χ4v) is 5.26. The molecule has 7 heteroatoms. The number of hydrogen-bond donors (Lipinski definition) is 0. The lowest BCUT2D eigenvalue weighted by molar-refractivity contribution is -0.121. The first-order chi connectivity index (χ1) is 20.4. The molecule has 0 radical (unpaired) electrons. The van der Waals surface area contributed by atoms with Gasteiger partial charge in [0, 0.05) is 5.56 Å². The van der Waals surface area contributed by atoms with E-state index in [-0.39, 0.29) is 5.57 Å². The number of imide groups is 2. The van der Waals surface area contributed by atoms with Crippen molar-refractivity contribution in [2.45, 2.75) is 13.5 Å². The Bertz CT molecular complexity index is 1810. The molecule has 0 atom stereocenters. The third-order valence-corrected chi connectivity index (χ3v) is 7.49. The third-order valence-electron chi connectivity index (χ3n) is 7.19. The predicted octanol–water partition coefficient (Wildman–Crippen LogP) is 7.96. The number of benzene rings is 5. The number of fused-ring (bicyclic) bond motifs is 1. The molecule has 1 heterocycles. The SMILES string of the molecule is Cc1ccc2ccccc2c1COc1ccc(C=C2C(=O)N(c3ccccc3)C(=O)N(c3ccccc3)C2=O)cc1Cl. The zero-order valence-corrected chi connectivity index (χ0v) is 23.4. The highest BCUT2D eigenvalue weighted by molar-refractivity contribution is 6.46. The summed E-state index contributed by atoms with van der Waals surface area (Å²) in [5.41, 5.74) is 3.25. The van der Waals surface area contributed by atoms with Crippen molar-refractivity contribution in [3.63, 3.8) is 0 Å². The zero-order chi connectivity index (χ0) is 29.2. The number of rotatable bonds is 6. The second-order valence-electron chi connectivity index (χ2n) is 9.85. The van der Waals surface area contributed by atoms with E-state index in [0.29, 0.717) is 34.3 Å². The Morgan fingerprint density at radius 3 is 1.93 bits per heavy atom. The number of amides is 4. The first-order valence-corrected chi connectivity index (χ1v) is 13.7. The van der Waals surface area contributed by atoms with Crippen molar-refractivity contribution >= 4 is 57.7 Å². The molecule has 0 bridgehead atoms. The fraction of sp³-hybridized carbons (Fsp3) is 0.0571. The van der Waals surface area contributed by atoms with E-state index in [4.69, 9.17) is 16.3 Å². The number of carbonyl (C=O) groups is 3. The van der Waals surface area contributed by atoms with Crippen molar-refractivity contribution in [1.29, 1.82) is 0 Å². The molecule has 1 aliphatic rings. The van der Waals surface area contributed by atoms with Crippen LogP contribution in [-0.2, 0) is 16.2 Å². The average Bonchev–Trinajstić information content (AvgIpc) is 3.01. The largest absolute Gasteiger partial charge is 0.487 e. The van der Waals surface area contributed by atoms with Gasteiger partial charge in [-0.3, -0.25) is 9.59 Å².